The topological polar surface area (TPSA) is 50.3 Å². The van der Waals surface area contributed by atoms with Crippen LogP contribution in [0.2, 0.25) is 0 Å². The van der Waals surface area contributed by atoms with Crippen LogP contribution in [-0.2, 0) is 16.4 Å². The molecule has 1 fully saturated rings. The zero-order valence-corrected chi connectivity index (χ0v) is 11.1. The minimum absolute atomic E-state index is 0.511. The summed E-state index contributed by atoms with van der Waals surface area (Å²) in [5.41, 5.74) is 1.11. The molecule has 2 rings (SSSR count). The number of hydrogen-bond donors (Lipinski definition) is 0. The predicted molar refractivity (Wildman–Crippen MR) is 68.5 cm³/mol. The molecule has 0 aromatic carbocycles. The Morgan fingerprint density at radius 1 is 1.47 bits per heavy atom. The van der Waals surface area contributed by atoms with E-state index in [1.165, 1.54) is 10.6 Å². The van der Waals surface area contributed by atoms with Crippen molar-refractivity contribution in [1.29, 1.82) is 0 Å². The lowest BCUT2D eigenvalue weighted by atomic mass is 10.2. The van der Waals surface area contributed by atoms with E-state index in [0.717, 1.165) is 24.8 Å². The number of nitrogens with zero attached hydrogens (tertiary/aromatic N) is 2. The fraction of sp³-hybridized carbons (Fsp3) is 0.583. The maximum Gasteiger partial charge on any atom is 0.233 e. The third-order valence-corrected chi connectivity index (χ3v) is 4.13. The zero-order valence-electron chi connectivity index (χ0n) is 10.3. The highest BCUT2D eigenvalue weighted by atomic mass is 32.2. The fourth-order valence-electron chi connectivity index (χ4n) is 1.75. The van der Waals surface area contributed by atoms with Crippen molar-refractivity contribution in [3.8, 4) is 0 Å². The lowest BCUT2D eigenvalue weighted by Crippen LogP contribution is -2.32. The molecule has 1 aliphatic carbocycles. The van der Waals surface area contributed by atoms with E-state index in [9.17, 15) is 8.42 Å². The maximum absolute atomic E-state index is 11.8. The molecule has 1 aromatic heterocycles. The van der Waals surface area contributed by atoms with Gasteiger partial charge in [-0.3, -0.25) is 4.31 Å². The molecule has 1 saturated carbocycles. The second-order valence-corrected chi connectivity index (χ2v) is 6.52. The van der Waals surface area contributed by atoms with Gasteiger partial charge in [-0.25, -0.2) is 13.4 Å². The van der Waals surface area contributed by atoms with Crippen LogP contribution in [0.15, 0.2) is 18.3 Å². The molecule has 1 heterocycles. The lowest BCUT2D eigenvalue weighted by Gasteiger charge is -2.21. The molecule has 0 radical (unpaired) electrons. The first-order valence-electron chi connectivity index (χ1n) is 5.93. The summed E-state index contributed by atoms with van der Waals surface area (Å²) in [6.07, 6.45) is 6.06. The van der Waals surface area contributed by atoms with Crippen molar-refractivity contribution in [3.63, 3.8) is 0 Å². The van der Waals surface area contributed by atoms with E-state index in [1.54, 1.807) is 6.20 Å². The molecule has 1 aliphatic rings. The minimum atomic E-state index is -3.23. The number of hydrogen-bond acceptors (Lipinski definition) is 3. The van der Waals surface area contributed by atoms with E-state index in [0.29, 0.717) is 18.3 Å². The van der Waals surface area contributed by atoms with Gasteiger partial charge in [-0.2, -0.15) is 0 Å². The van der Waals surface area contributed by atoms with Crippen LogP contribution in [0, 0.1) is 5.92 Å². The fourth-order valence-corrected chi connectivity index (χ4v) is 2.67. The number of pyridine rings is 1. The molecule has 5 heteroatoms. The summed E-state index contributed by atoms with van der Waals surface area (Å²) in [5.74, 6) is 1.07. The summed E-state index contributed by atoms with van der Waals surface area (Å²) in [6.45, 7) is 2.61. The predicted octanol–water partition coefficient (Wildman–Crippen LogP) is 1.82. The molecule has 0 atom stereocenters. The van der Waals surface area contributed by atoms with Crippen LogP contribution >= 0.6 is 0 Å². The molecule has 1 aromatic rings. The smallest absolute Gasteiger partial charge is 0.233 e. The summed E-state index contributed by atoms with van der Waals surface area (Å²) < 4.78 is 25.0. The number of aryl methyl sites for hydroxylation is 1. The van der Waals surface area contributed by atoms with Gasteiger partial charge >= 0.3 is 0 Å². The first-order valence-corrected chi connectivity index (χ1v) is 7.78. The van der Waals surface area contributed by atoms with Crippen molar-refractivity contribution >= 4 is 15.8 Å². The van der Waals surface area contributed by atoms with Crippen molar-refractivity contribution in [2.24, 2.45) is 5.92 Å². The maximum atomic E-state index is 11.8. The Bertz CT molecular complexity index is 495. The van der Waals surface area contributed by atoms with Crippen LogP contribution in [0.3, 0.4) is 0 Å². The highest BCUT2D eigenvalue weighted by molar-refractivity contribution is 7.92. The van der Waals surface area contributed by atoms with Gasteiger partial charge in [0.15, 0.2) is 0 Å². The largest absolute Gasteiger partial charge is 0.254 e. The second kappa shape index (κ2) is 4.64. The highest BCUT2D eigenvalue weighted by Gasteiger charge is 2.29. The van der Waals surface area contributed by atoms with Gasteiger partial charge in [0.25, 0.3) is 0 Å². The third-order valence-electron chi connectivity index (χ3n) is 2.99. The molecule has 0 unspecified atom stereocenters. The lowest BCUT2D eigenvalue weighted by molar-refractivity contribution is 0.593. The highest BCUT2D eigenvalue weighted by Crippen LogP contribution is 2.32. The molecule has 0 amide bonds. The van der Waals surface area contributed by atoms with Gasteiger partial charge in [-0.1, -0.05) is 6.92 Å². The van der Waals surface area contributed by atoms with Gasteiger partial charge in [-0.15, -0.1) is 0 Å². The molecule has 0 N–H and O–H groups in total. The third kappa shape index (κ3) is 3.19. The van der Waals surface area contributed by atoms with Crippen LogP contribution in [0.5, 0.6) is 0 Å². The molecule has 4 nitrogen and oxygen atoms in total. The summed E-state index contributed by atoms with van der Waals surface area (Å²) in [5, 5.41) is 0. The van der Waals surface area contributed by atoms with Crippen molar-refractivity contribution in [2.75, 3.05) is 17.1 Å². The summed E-state index contributed by atoms with van der Waals surface area (Å²) in [6, 6.07) is 3.78. The molecule has 94 valence electrons. The van der Waals surface area contributed by atoms with Crippen molar-refractivity contribution < 1.29 is 8.42 Å². The van der Waals surface area contributed by atoms with Crippen LogP contribution in [0.25, 0.3) is 0 Å². The molecule has 17 heavy (non-hydrogen) atoms. The zero-order chi connectivity index (χ0) is 12.5. The average Bonchev–Trinajstić information content (AvgIpc) is 3.08. The normalized spacial score (nSPS) is 15.9. The summed E-state index contributed by atoms with van der Waals surface area (Å²) >= 11 is 0. The van der Waals surface area contributed by atoms with Gasteiger partial charge in [-0.05, 0) is 42.9 Å². The van der Waals surface area contributed by atoms with Crippen molar-refractivity contribution in [1.82, 2.24) is 4.98 Å². The van der Waals surface area contributed by atoms with Gasteiger partial charge in [0.1, 0.15) is 5.82 Å². The Morgan fingerprint density at radius 3 is 2.71 bits per heavy atom. The Labute approximate surface area is 103 Å². The standard InChI is InChI=1S/C12H18N2O2S/c1-3-10-6-7-13-12(8-10)14(17(2,15)16)9-11-4-5-11/h6-8,11H,3-5,9H2,1-2H3. The summed E-state index contributed by atoms with van der Waals surface area (Å²) in [7, 11) is -3.23. The van der Waals surface area contributed by atoms with Gasteiger partial charge in [0.05, 0.1) is 6.26 Å². The van der Waals surface area contributed by atoms with E-state index in [-0.39, 0.29) is 0 Å². The first kappa shape index (κ1) is 12.4. The quantitative estimate of drug-likeness (QED) is 0.805. The van der Waals surface area contributed by atoms with E-state index < -0.39 is 10.0 Å². The van der Waals surface area contributed by atoms with E-state index in [1.807, 2.05) is 19.1 Å². The van der Waals surface area contributed by atoms with Crippen LogP contribution < -0.4 is 4.31 Å². The monoisotopic (exact) mass is 254 g/mol. The molecule has 0 bridgehead atoms. The van der Waals surface area contributed by atoms with Crippen molar-refractivity contribution in [3.05, 3.63) is 23.9 Å². The van der Waals surface area contributed by atoms with Crippen LogP contribution in [0.1, 0.15) is 25.3 Å². The SMILES string of the molecule is CCc1ccnc(N(CC2CC2)S(C)(=O)=O)c1. The molecular weight excluding hydrogens is 236 g/mol. The number of sulfonamides is 1. The van der Waals surface area contributed by atoms with Crippen molar-refractivity contribution in [2.45, 2.75) is 26.2 Å². The molecule has 0 aliphatic heterocycles. The van der Waals surface area contributed by atoms with Crippen LogP contribution in [0.4, 0.5) is 5.82 Å². The van der Waals surface area contributed by atoms with Gasteiger partial charge < -0.3 is 0 Å². The Hall–Kier alpha value is -1.10. The number of aromatic nitrogens is 1. The molecule has 0 spiro atoms. The average molecular weight is 254 g/mol. The van der Waals surface area contributed by atoms with E-state index in [2.05, 4.69) is 4.98 Å². The summed E-state index contributed by atoms with van der Waals surface area (Å²) in [4.78, 5) is 4.18. The van der Waals surface area contributed by atoms with E-state index >= 15 is 0 Å². The Morgan fingerprint density at radius 2 is 2.18 bits per heavy atom. The molecular formula is C12H18N2O2S. The van der Waals surface area contributed by atoms with E-state index in [4.69, 9.17) is 0 Å². The Kier molecular flexibility index (Phi) is 3.38. The van der Waals surface area contributed by atoms with Crippen LogP contribution in [-0.4, -0.2) is 26.2 Å². The molecule has 0 saturated heterocycles. The Balaban J connectivity index is 2.30. The number of anilines is 1. The first-order chi connectivity index (χ1) is 8.00. The minimum Gasteiger partial charge on any atom is -0.254 e. The van der Waals surface area contributed by atoms with Gasteiger partial charge in [0.2, 0.25) is 10.0 Å². The van der Waals surface area contributed by atoms with Gasteiger partial charge in [0, 0.05) is 12.7 Å². The number of rotatable bonds is 5. The second-order valence-electron chi connectivity index (χ2n) is 4.61.